The van der Waals surface area contributed by atoms with Crippen molar-refractivity contribution in [3.05, 3.63) is 77.4 Å². The molecule has 0 aromatic heterocycles. The highest BCUT2D eigenvalue weighted by atomic mass is 16.5. The van der Waals surface area contributed by atoms with Gasteiger partial charge in [-0.15, -0.1) is 0 Å². The van der Waals surface area contributed by atoms with E-state index in [1.165, 1.54) is 30.4 Å². The topological polar surface area (TPSA) is 72.5 Å². The van der Waals surface area contributed by atoms with Crippen molar-refractivity contribution in [3.63, 3.8) is 0 Å². The molecule has 0 spiro atoms. The first kappa shape index (κ1) is 25.5. The fraction of sp³-hybridized carbons (Fsp3) is 0.424. The number of fused-ring (bicyclic) bond motifs is 1. The zero-order valence-corrected chi connectivity index (χ0v) is 22.5. The summed E-state index contributed by atoms with van der Waals surface area (Å²) in [6.07, 6.45) is 5.68. The van der Waals surface area contributed by atoms with E-state index in [2.05, 4.69) is 58.0 Å². The molecule has 1 fully saturated rings. The molecule has 0 heterocycles. The van der Waals surface area contributed by atoms with E-state index in [9.17, 15) is 9.90 Å². The molecule has 0 aliphatic heterocycles. The summed E-state index contributed by atoms with van der Waals surface area (Å²) < 4.78 is 6.36. The molecule has 4 heteroatoms. The summed E-state index contributed by atoms with van der Waals surface area (Å²) in [4.78, 5) is 11.3. The van der Waals surface area contributed by atoms with Crippen molar-refractivity contribution in [3.8, 4) is 28.0 Å². The maximum atomic E-state index is 11.3. The molecule has 1 atom stereocenters. The summed E-state index contributed by atoms with van der Waals surface area (Å²) in [7, 11) is 0. The van der Waals surface area contributed by atoms with Crippen molar-refractivity contribution in [2.75, 3.05) is 6.61 Å². The Morgan fingerprint density at radius 3 is 2.16 bits per heavy atom. The van der Waals surface area contributed by atoms with Crippen molar-refractivity contribution in [2.24, 2.45) is 11.7 Å². The molecule has 1 saturated carbocycles. The summed E-state index contributed by atoms with van der Waals surface area (Å²) in [5.41, 5.74) is 14.0. The van der Waals surface area contributed by atoms with Crippen LogP contribution in [-0.4, -0.2) is 23.7 Å². The third-order valence-corrected chi connectivity index (χ3v) is 8.54. The molecule has 2 aliphatic rings. The normalized spacial score (nSPS) is 18.6. The lowest BCUT2D eigenvalue weighted by Crippen LogP contribution is -2.33. The van der Waals surface area contributed by atoms with Crippen LogP contribution in [0.5, 0.6) is 5.75 Å². The van der Waals surface area contributed by atoms with Gasteiger partial charge in [-0.2, -0.15) is 0 Å². The lowest BCUT2D eigenvalue weighted by molar-refractivity contribution is 0.0697. The number of carboxylic acids is 1. The Balaban J connectivity index is 1.54. The van der Waals surface area contributed by atoms with Crippen molar-refractivity contribution < 1.29 is 14.6 Å². The quantitative estimate of drug-likeness (QED) is 0.336. The van der Waals surface area contributed by atoms with E-state index in [-0.39, 0.29) is 22.4 Å². The first-order chi connectivity index (χ1) is 17.5. The number of ether oxygens (including phenoxy) is 1. The number of aromatic carboxylic acids is 1. The van der Waals surface area contributed by atoms with Crippen molar-refractivity contribution >= 4 is 5.97 Å². The van der Waals surface area contributed by atoms with Gasteiger partial charge >= 0.3 is 5.97 Å². The standard InChI is InChI=1S/C33H39NO3/c1-32(2)16-17-33(3,4)28-20-25(11-13-27(28)32)26-19-24(21-5-9-23(10-6-21)31(35)36)12-14-30(26)37-18-15-29(34)22-7-8-22/h5-6,9-14,19-20,22,29H,7-8,15-18,34H2,1-4H3,(H,35,36). The van der Waals surface area contributed by atoms with Crippen LogP contribution in [0.25, 0.3) is 22.3 Å². The Hall–Kier alpha value is -3.11. The molecule has 4 nitrogen and oxygen atoms in total. The second-order valence-corrected chi connectivity index (χ2v) is 12.3. The summed E-state index contributed by atoms with van der Waals surface area (Å²) in [6.45, 7) is 9.99. The van der Waals surface area contributed by atoms with E-state index in [4.69, 9.17) is 10.5 Å². The maximum Gasteiger partial charge on any atom is 0.335 e. The van der Waals surface area contributed by atoms with Crippen molar-refractivity contribution in [1.29, 1.82) is 0 Å². The van der Waals surface area contributed by atoms with Gasteiger partial charge in [0.2, 0.25) is 0 Å². The number of carbonyl (C=O) groups is 1. The Labute approximate surface area is 220 Å². The van der Waals surface area contributed by atoms with Crippen LogP contribution in [0, 0.1) is 5.92 Å². The van der Waals surface area contributed by atoms with E-state index >= 15 is 0 Å². The van der Waals surface area contributed by atoms with Crippen LogP contribution < -0.4 is 10.5 Å². The fourth-order valence-corrected chi connectivity index (χ4v) is 5.69. The predicted molar refractivity (Wildman–Crippen MR) is 150 cm³/mol. The fourth-order valence-electron chi connectivity index (χ4n) is 5.69. The molecule has 3 aromatic rings. The molecule has 3 N–H and O–H groups in total. The third-order valence-electron chi connectivity index (χ3n) is 8.54. The van der Waals surface area contributed by atoms with Crippen LogP contribution in [0.4, 0.5) is 0 Å². The Kier molecular flexibility index (Phi) is 6.66. The highest BCUT2D eigenvalue weighted by Crippen LogP contribution is 2.47. The minimum absolute atomic E-state index is 0.114. The molecule has 0 radical (unpaired) electrons. The summed E-state index contributed by atoms with van der Waals surface area (Å²) in [5.74, 6) is 0.604. The average Bonchev–Trinajstić information content (AvgIpc) is 3.73. The number of rotatable bonds is 8. The zero-order chi connectivity index (χ0) is 26.4. The van der Waals surface area contributed by atoms with Crippen LogP contribution >= 0.6 is 0 Å². The Bertz CT molecular complexity index is 1300. The minimum atomic E-state index is -0.917. The van der Waals surface area contributed by atoms with Gasteiger partial charge in [0.15, 0.2) is 0 Å². The SMILES string of the molecule is CC1(C)CCC(C)(C)c2cc(-c3cc(-c4ccc(C(=O)O)cc4)ccc3OCCC(N)C3CC3)ccc21. The molecule has 1 unspecified atom stereocenters. The van der Waals surface area contributed by atoms with Crippen molar-refractivity contribution in [2.45, 2.75) is 76.7 Å². The highest BCUT2D eigenvalue weighted by Gasteiger charge is 2.37. The van der Waals surface area contributed by atoms with Gasteiger partial charge in [-0.05, 0) is 101 Å². The van der Waals surface area contributed by atoms with Gasteiger partial charge in [0, 0.05) is 11.6 Å². The van der Waals surface area contributed by atoms with Crippen LogP contribution in [0.15, 0.2) is 60.7 Å². The second-order valence-electron chi connectivity index (χ2n) is 12.3. The molecule has 194 valence electrons. The number of benzene rings is 3. The smallest absolute Gasteiger partial charge is 0.335 e. The summed E-state index contributed by atoms with van der Waals surface area (Å²) in [6, 6.07) is 20.5. The van der Waals surface area contributed by atoms with E-state index in [1.54, 1.807) is 12.1 Å². The molecule has 3 aromatic carbocycles. The average molecular weight is 498 g/mol. The van der Waals surface area contributed by atoms with Crippen LogP contribution in [0.2, 0.25) is 0 Å². The van der Waals surface area contributed by atoms with E-state index in [0.29, 0.717) is 12.5 Å². The molecule has 2 aliphatic carbocycles. The maximum absolute atomic E-state index is 11.3. The number of hydrogen-bond acceptors (Lipinski definition) is 3. The Morgan fingerprint density at radius 2 is 1.51 bits per heavy atom. The van der Waals surface area contributed by atoms with Gasteiger partial charge in [0.05, 0.1) is 12.2 Å². The lowest BCUT2D eigenvalue weighted by Gasteiger charge is -2.42. The molecule has 0 saturated heterocycles. The molecule has 5 rings (SSSR count). The molecular weight excluding hydrogens is 458 g/mol. The summed E-state index contributed by atoms with van der Waals surface area (Å²) >= 11 is 0. The van der Waals surface area contributed by atoms with Gasteiger partial charge in [-0.25, -0.2) is 4.79 Å². The van der Waals surface area contributed by atoms with Gasteiger partial charge in [-0.3, -0.25) is 0 Å². The zero-order valence-electron chi connectivity index (χ0n) is 22.5. The van der Waals surface area contributed by atoms with E-state index < -0.39 is 5.97 Å². The Morgan fingerprint density at radius 1 is 0.892 bits per heavy atom. The van der Waals surface area contributed by atoms with Crippen LogP contribution in [0.1, 0.15) is 81.3 Å². The van der Waals surface area contributed by atoms with Crippen LogP contribution in [0.3, 0.4) is 0 Å². The van der Waals surface area contributed by atoms with Crippen molar-refractivity contribution in [1.82, 2.24) is 0 Å². The monoisotopic (exact) mass is 497 g/mol. The van der Waals surface area contributed by atoms with E-state index in [1.807, 2.05) is 18.2 Å². The molecular formula is C33H39NO3. The summed E-state index contributed by atoms with van der Waals surface area (Å²) in [5, 5.41) is 9.29. The minimum Gasteiger partial charge on any atom is -0.493 e. The van der Waals surface area contributed by atoms with E-state index in [0.717, 1.165) is 40.8 Å². The van der Waals surface area contributed by atoms with Gasteiger partial charge in [-0.1, -0.05) is 64.1 Å². The largest absolute Gasteiger partial charge is 0.493 e. The lowest BCUT2D eigenvalue weighted by atomic mass is 9.63. The van der Waals surface area contributed by atoms with Gasteiger partial charge < -0.3 is 15.6 Å². The number of carboxylic acid groups (broad SMARTS) is 1. The van der Waals surface area contributed by atoms with Crippen LogP contribution in [-0.2, 0) is 10.8 Å². The predicted octanol–water partition coefficient (Wildman–Crippen LogP) is 7.57. The highest BCUT2D eigenvalue weighted by molar-refractivity contribution is 5.88. The van der Waals surface area contributed by atoms with Gasteiger partial charge in [0.25, 0.3) is 0 Å². The molecule has 0 amide bonds. The second kappa shape index (κ2) is 9.64. The molecule has 0 bridgehead atoms. The van der Waals surface area contributed by atoms with Gasteiger partial charge in [0.1, 0.15) is 5.75 Å². The number of nitrogens with two attached hydrogens (primary N) is 1. The molecule has 37 heavy (non-hydrogen) atoms. The number of hydrogen-bond donors (Lipinski definition) is 2. The third kappa shape index (κ3) is 5.31. The first-order valence-corrected chi connectivity index (χ1v) is 13.6. The first-order valence-electron chi connectivity index (χ1n) is 13.6.